The van der Waals surface area contributed by atoms with Crippen LogP contribution in [0.1, 0.15) is 0 Å². The Labute approximate surface area is 121 Å². The summed E-state index contributed by atoms with van der Waals surface area (Å²) in [6.07, 6.45) is 0. The van der Waals surface area contributed by atoms with Crippen molar-refractivity contribution >= 4 is 17.2 Å². The normalized spacial score (nSPS) is 10.7. The van der Waals surface area contributed by atoms with Crippen molar-refractivity contribution in [1.82, 2.24) is 9.78 Å². The minimum Gasteiger partial charge on any atom is -0.497 e. The largest absolute Gasteiger partial charge is 0.497 e. The smallest absolute Gasteiger partial charge is 0.130 e. The molecular weight excluding hydrogens is 270 g/mol. The van der Waals surface area contributed by atoms with Crippen LogP contribution in [0.2, 0.25) is 0 Å². The lowest BCUT2D eigenvalue weighted by atomic mass is 10.1. The highest BCUT2D eigenvalue weighted by Crippen LogP contribution is 2.38. The van der Waals surface area contributed by atoms with Crippen LogP contribution < -0.4 is 10.5 Å². The fourth-order valence-electron chi connectivity index (χ4n) is 2.17. The van der Waals surface area contributed by atoms with Gasteiger partial charge in [0, 0.05) is 17.5 Å². The summed E-state index contributed by atoms with van der Waals surface area (Å²) in [6, 6.07) is 11.9. The Balaban J connectivity index is 2.21. The number of hydrogen-bond acceptors (Lipinski definition) is 4. The van der Waals surface area contributed by atoms with Gasteiger partial charge in [-0.3, -0.25) is 4.68 Å². The molecule has 5 heteroatoms. The third kappa shape index (κ3) is 2.06. The van der Waals surface area contributed by atoms with E-state index in [-0.39, 0.29) is 0 Å². The average molecular weight is 285 g/mol. The van der Waals surface area contributed by atoms with Gasteiger partial charge in [-0.2, -0.15) is 5.10 Å². The minimum absolute atomic E-state index is 0.672. The molecule has 102 valence electrons. The van der Waals surface area contributed by atoms with Crippen molar-refractivity contribution in [3.05, 3.63) is 41.8 Å². The average Bonchev–Trinajstić information content (AvgIpc) is 3.08. The number of nitrogens with zero attached hydrogens (tertiary/aromatic N) is 2. The van der Waals surface area contributed by atoms with Gasteiger partial charge in [0.15, 0.2) is 0 Å². The van der Waals surface area contributed by atoms with Crippen molar-refractivity contribution in [2.75, 3.05) is 12.8 Å². The maximum absolute atomic E-state index is 6.18. The molecule has 0 atom stereocenters. The van der Waals surface area contributed by atoms with Crippen LogP contribution in [0.5, 0.6) is 5.75 Å². The van der Waals surface area contributed by atoms with E-state index in [9.17, 15) is 0 Å². The number of benzene rings is 1. The Morgan fingerprint density at radius 3 is 2.80 bits per heavy atom. The molecular formula is C15H15N3OS. The standard InChI is InChI=1S/C15H15N3OS/c1-18-15(16)13(12-7-4-8-20-12)14(17-18)10-5-3-6-11(9-10)19-2/h3-9H,16H2,1-2H3. The summed E-state index contributed by atoms with van der Waals surface area (Å²) in [7, 11) is 3.52. The molecule has 0 radical (unpaired) electrons. The molecule has 0 amide bonds. The summed E-state index contributed by atoms with van der Waals surface area (Å²) in [6.45, 7) is 0. The monoisotopic (exact) mass is 285 g/mol. The maximum atomic E-state index is 6.18. The van der Waals surface area contributed by atoms with Gasteiger partial charge in [0.2, 0.25) is 0 Å². The lowest BCUT2D eigenvalue weighted by Gasteiger charge is -2.04. The van der Waals surface area contributed by atoms with Crippen LogP contribution in [-0.4, -0.2) is 16.9 Å². The van der Waals surface area contributed by atoms with Gasteiger partial charge in [0.05, 0.1) is 12.7 Å². The van der Waals surface area contributed by atoms with Crippen LogP contribution in [0.3, 0.4) is 0 Å². The number of aryl methyl sites for hydroxylation is 1. The van der Waals surface area contributed by atoms with Gasteiger partial charge in [-0.25, -0.2) is 0 Å². The van der Waals surface area contributed by atoms with Crippen molar-refractivity contribution < 1.29 is 4.74 Å². The molecule has 0 saturated carbocycles. The van der Waals surface area contributed by atoms with Crippen LogP contribution in [0.15, 0.2) is 41.8 Å². The molecule has 0 fully saturated rings. The molecule has 0 saturated heterocycles. The number of ether oxygens (including phenoxy) is 1. The Kier molecular flexibility index (Phi) is 3.20. The number of nitrogens with two attached hydrogens (primary N) is 1. The number of aromatic nitrogens is 2. The number of thiophene rings is 1. The molecule has 0 aliphatic rings. The molecule has 2 heterocycles. The highest BCUT2D eigenvalue weighted by atomic mass is 32.1. The highest BCUT2D eigenvalue weighted by molar-refractivity contribution is 7.13. The second-order valence-corrected chi connectivity index (χ2v) is 5.39. The SMILES string of the molecule is COc1cccc(-c2nn(C)c(N)c2-c2cccs2)c1. The molecule has 3 rings (SSSR count). The third-order valence-corrected chi connectivity index (χ3v) is 4.09. The molecule has 0 unspecified atom stereocenters. The van der Waals surface area contributed by atoms with Gasteiger partial charge in [0.25, 0.3) is 0 Å². The molecule has 0 aliphatic heterocycles. The summed E-state index contributed by atoms with van der Waals surface area (Å²) in [4.78, 5) is 1.12. The van der Waals surface area contributed by atoms with Crippen molar-refractivity contribution in [3.63, 3.8) is 0 Å². The molecule has 2 aromatic heterocycles. The summed E-state index contributed by atoms with van der Waals surface area (Å²) < 4.78 is 6.99. The molecule has 0 spiro atoms. The molecule has 4 nitrogen and oxygen atoms in total. The highest BCUT2D eigenvalue weighted by Gasteiger charge is 2.18. The third-order valence-electron chi connectivity index (χ3n) is 3.20. The molecule has 3 aromatic rings. The zero-order valence-electron chi connectivity index (χ0n) is 11.3. The lowest BCUT2D eigenvalue weighted by molar-refractivity contribution is 0.415. The fourth-order valence-corrected chi connectivity index (χ4v) is 2.95. The molecule has 0 aliphatic carbocycles. The minimum atomic E-state index is 0.672. The van der Waals surface area contributed by atoms with E-state index in [0.717, 1.165) is 27.4 Å². The summed E-state index contributed by atoms with van der Waals surface area (Å²) in [5, 5.41) is 6.59. The van der Waals surface area contributed by atoms with E-state index in [1.165, 1.54) is 0 Å². The number of methoxy groups -OCH3 is 1. The Morgan fingerprint density at radius 2 is 2.10 bits per heavy atom. The van der Waals surface area contributed by atoms with Crippen molar-refractivity contribution in [2.24, 2.45) is 7.05 Å². The van der Waals surface area contributed by atoms with E-state index in [0.29, 0.717) is 5.82 Å². The zero-order chi connectivity index (χ0) is 14.1. The van der Waals surface area contributed by atoms with Gasteiger partial charge in [-0.15, -0.1) is 11.3 Å². The van der Waals surface area contributed by atoms with Crippen LogP contribution in [-0.2, 0) is 7.05 Å². The van der Waals surface area contributed by atoms with E-state index in [1.807, 2.05) is 42.8 Å². The topological polar surface area (TPSA) is 53.1 Å². The van der Waals surface area contributed by atoms with E-state index >= 15 is 0 Å². The van der Waals surface area contributed by atoms with Crippen molar-refractivity contribution in [3.8, 4) is 27.4 Å². The van der Waals surface area contributed by atoms with Gasteiger partial charge in [0.1, 0.15) is 17.3 Å². The second-order valence-electron chi connectivity index (χ2n) is 4.44. The first kappa shape index (κ1) is 12.7. The summed E-state index contributed by atoms with van der Waals surface area (Å²) >= 11 is 1.66. The molecule has 0 bridgehead atoms. The van der Waals surface area contributed by atoms with Crippen LogP contribution in [0.25, 0.3) is 21.7 Å². The van der Waals surface area contributed by atoms with Crippen molar-refractivity contribution in [1.29, 1.82) is 0 Å². The summed E-state index contributed by atoms with van der Waals surface area (Å²) in [5.74, 6) is 1.48. The number of rotatable bonds is 3. The Bertz CT molecular complexity index is 732. The number of anilines is 1. The fraction of sp³-hybridized carbons (Fsp3) is 0.133. The summed E-state index contributed by atoms with van der Waals surface area (Å²) in [5.41, 5.74) is 9.04. The number of hydrogen-bond donors (Lipinski definition) is 1. The Hall–Kier alpha value is -2.27. The lowest BCUT2D eigenvalue weighted by Crippen LogP contribution is -1.97. The van der Waals surface area contributed by atoms with E-state index in [1.54, 1.807) is 23.1 Å². The molecule has 20 heavy (non-hydrogen) atoms. The van der Waals surface area contributed by atoms with Gasteiger partial charge in [-0.1, -0.05) is 18.2 Å². The Morgan fingerprint density at radius 1 is 1.25 bits per heavy atom. The predicted octanol–water partition coefficient (Wildman–Crippen LogP) is 3.41. The van der Waals surface area contributed by atoms with Crippen molar-refractivity contribution in [2.45, 2.75) is 0 Å². The number of nitrogen functional groups attached to an aromatic ring is 1. The van der Waals surface area contributed by atoms with E-state index in [2.05, 4.69) is 11.2 Å². The van der Waals surface area contributed by atoms with E-state index < -0.39 is 0 Å². The maximum Gasteiger partial charge on any atom is 0.130 e. The van der Waals surface area contributed by atoms with Gasteiger partial charge >= 0.3 is 0 Å². The van der Waals surface area contributed by atoms with Crippen LogP contribution >= 0.6 is 11.3 Å². The zero-order valence-corrected chi connectivity index (χ0v) is 12.1. The molecule has 1 aromatic carbocycles. The predicted molar refractivity (Wildman–Crippen MR) is 82.9 cm³/mol. The first-order valence-corrected chi connectivity index (χ1v) is 7.09. The first-order chi connectivity index (χ1) is 9.70. The first-order valence-electron chi connectivity index (χ1n) is 6.21. The quantitative estimate of drug-likeness (QED) is 0.802. The van der Waals surface area contributed by atoms with Crippen LogP contribution in [0.4, 0.5) is 5.82 Å². The van der Waals surface area contributed by atoms with Gasteiger partial charge in [-0.05, 0) is 23.6 Å². The van der Waals surface area contributed by atoms with Gasteiger partial charge < -0.3 is 10.5 Å². The van der Waals surface area contributed by atoms with Crippen LogP contribution in [0, 0.1) is 0 Å². The van der Waals surface area contributed by atoms with E-state index in [4.69, 9.17) is 10.5 Å². The second kappa shape index (κ2) is 5.02. The molecule has 2 N–H and O–H groups in total.